The number of halogens is 1. The summed E-state index contributed by atoms with van der Waals surface area (Å²) in [5, 5.41) is 6.07. The van der Waals surface area contributed by atoms with Gasteiger partial charge in [-0.25, -0.2) is 9.37 Å². The van der Waals surface area contributed by atoms with Gasteiger partial charge in [-0.1, -0.05) is 6.07 Å². The van der Waals surface area contributed by atoms with Gasteiger partial charge in [-0.15, -0.1) is 11.3 Å². The highest BCUT2D eigenvalue weighted by atomic mass is 32.1. The van der Waals surface area contributed by atoms with E-state index in [0.717, 1.165) is 43.2 Å². The first kappa shape index (κ1) is 17.0. The van der Waals surface area contributed by atoms with Crippen LogP contribution in [-0.2, 0) is 11.3 Å². The number of amides is 1. The van der Waals surface area contributed by atoms with Gasteiger partial charge in [0.15, 0.2) is 0 Å². The van der Waals surface area contributed by atoms with Gasteiger partial charge in [0, 0.05) is 29.1 Å². The number of piperidine rings is 1. The lowest BCUT2D eigenvalue weighted by Crippen LogP contribution is -2.37. The quantitative estimate of drug-likeness (QED) is 0.916. The number of carbonyl (C=O) groups is 1. The van der Waals surface area contributed by atoms with Gasteiger partial charge in [0.2, 0.25) is 5.91 Å². The molecule has 6 heteroatoms. The highest BCUT2D eigenvalue weighted by molar-refractivity contribution is 7.09. The van der Waals surface area contributed by atoms with Crippen LogP contribution >= 0.6 is 11.3 Å². The van der Waals surface area contributed by atoms with E-state index in [-0.39, 0.29) is 17.6 Å². The monoisotopic (exact) mass is 347 g/mol. The van der Waals surface area contributed by atoms with Gasteiger partial charge < -0.3 is 5.32 Å². The third kappa shape index (κ3) is 3.99. The average Bonchev–Trinajstić information content (AvgIpc) is 2.97. The summed E-state index contributed by atoms with van der Waals surface area (Å²) in [7, 11) is 0. The second-order valence-corrected chi connectivity index (χ2v) is 7.37. The van der Waals surface area contributed by atoms with Gasteiger partial charge in [-0.2, -0.15) is 0 Å². The second-order valence-electron chi connectivity index (χ2n) is 6.31. The molecule has 1 aromatic heterocycles. The minimum Gasteiger partial charge on any atom is -0.326 e. The van der Waals surface area contributed by atoms with Crippen molar-refractivity contribution in [3.8, 4) is 0 Å². The molecule has 1 aliphatic rings. The highest BCUT2D eigenvalue weighted by Gasteiger charge is 2.25. The maximum absolute atomic E-state index is 13.6. The number of aryl methyl sites for hydroxylation is 1. The van der Waals surface area contributed by atoms with Crippen LogP contribution in [0.2, 0.25) is 0 Å². The number of thiazole rings is 1. The van der Waals surface area contributed by atoms with Crippen molar-refractivity contribution in [3.05, 3.63) is 45.7 Å². The van der Waals surface area contributed by atoms with Crippen molar-refractivity contribution in [1.82, 2.24) is 9.88 Å². The van der Waals surface area contributed by atoms with Crippen LogP contribution in [0.4, 0.5) is 10.1 Å². The van der Waals surface area contributed by atoms with Crippen molar-refractivity contribution in [1.29, 1.82) is 0 Å². The third-order valence-electron chi connectivity index (χ3n) is 4.54. The number of likely N-dealkylation sites (tertiary alicyclic amines) is 1. The molecule has 2 aromatic rings. The molecule has 24 heavy (non-hydrogen) atoms. The molecule has 0 atom stereocenters. The molecule has 1 fully saturated rings. The van der Waals surface area contributed by atoms with Crippen molar-refractivity contribution in [3.63, 3.8) is 0 Å². The Morgan fingerprint density at radius 1 is 1.38 bits per heavy atom. The predicted octanol–water partition coefficient (Wildman–Crippen LogP) is 3.75. The van der Waals surface area contributed by atoms with E-state index < -0.39 is 0 Å². The first-order valence-electron chi connectivity index (χ1n) is 8.22. The van der Waals surface area contributed by atoms with E-state index in [4.69, 9.17) is 0 Å². The Balaban J connectivity index is 1.52. The summed E-state index contributed by atoms with van der Waals surface area (Å²) in [6.07, 6.45) is 1.65. The molecule has 128 valence electrons. The Labute approximate surface area is 145 Å². The van der Waals surface area contributed by atoms with Crippen molar-refractivity contribution in [2.75, 3.05) is 18.4 Å². The summed E-state index contributed by atoms with van der Waals surface area (Å²) in [6, 6.07) is 4.77. The van der Waals surface area contributed by atoms with Crippen LogP contribution in [0.25, 0.3) is 0 Å². The number of nitrogens with one attached hydrogen (secondary N) is 1. The van der Waals surface area contributed by atoms with Crippen molar-refractivity contribution in [2.45, 2.75) is 33.2 Å². The van der Waals surface area contributed by atoms with E-state index in [1.165, 1.54) is 6.07 Å². The van der Waals surface area contributed by atoms with Crippen LogP contribution in [0.5, 0.6) is 0 Å². The van der Waals surface area contributed by atoms with E-state index in [9.17, 15) is 9.18 Å². The molecule has 0 spiro atoms. The van der Waals surface area contributed by atoms with Gasteiger partial charge in [0.05, 0.1) is 10.7 Å². The summed E-state index contributed by atoms with van der Waals surface area (Å²) >= 11 is 1.67. The Kier molecular flexibility index (Phi) is 5.26. The van der Waals surface area contributed by atoms with Gasteiger partial charge in [-0.3, -0.25) is 9.69 Å². The molecular formula is C18H22FN3OS. The van der Waals surface area contributed by atoms with Crippen LogP contribution in [0.15, 0.2) is 23.6 Å². The zero-order chi connectivity index (χ0) is 17.1. The number of carbonyl (C=O) groups excluding carboxylic acids is 1. The van der Waals surface area contributed by atoms with Gasteiger partial charge in [0.25, 0.3) is 0 Å². The number of nitrogens with zero attached hydrogens (tertiary/aromatic N) is 2. The van der Waals surface area contributed by atoms with E-state index in [0.29, 0.717) is 11.3 Å². The highest BCUT2D eigenvalue weighted by Crippen LogP contribution is 2.23. The molecule has 0 aliphatic carbocycles. The summed E-state index contributed by atoms with van der Waals surface area (Å²) in [6.45, 7) is 6.32. The van der Waals surface area contributed by atoms with Gasteiger partial charge in [0.1, 0.15) is 5.82 Å². The lowest BCUT2D eigenvalue weighted by molar-refractivity contribution is -0.121. The maximum Gasteiger partial charge on any atom is 0.227 e. The molecular weight excluding hydrogens is 325 g/mol. The first-order valence-corrected chi connectivity index (χ1v) is 9.10. The number of hydrogen-bond donors (Lipinski definition) is 1. The van der Waals surface area contributed by atoms with E-state index >= 15 is 0 Å². The first-order chi connectivity index (χ1) is 11.5. The van der Waals surface area contributed by atoms with E-state index in [2.05, 4.69) is 20.6 Å². The van der Waals surface area contributed by atoms with Gasteiger partial charge >= 0.3 is 0 Å². The molecule has 4 nitrogen and oxygen atoms in total. The molecule has 0 radical (unpaired) electrons. The van der Waals surface area contributed by atoms with Crippen molar-refractivity contribution < 1.29 is 9.18 Å². The molecule has 0 unspecified atom stereocenters. The SMILES string of the molecule is Cc1nc(CN2CCC(C(=O)Nc3cccc(F)c3C)CC2)cs1. The van der Waals surface area contributed by atoms with Crippen LogP contribution < -0.4 is 5.32 Å². The Hall–Kier alpha value is -1.79. The standard InChI is InChI=1S/C18H22FN3OS/c1-12-16(19)4-3-5-17(12)21-18(23)14-6-8-22(9-7-14)10-15-11-24-13(2)20-15/h3-5,11,14H,6-10H2,1-2H3,(H,21,23). The molecule has 3 rings (SSSR count). The minimum absolute atomic E-state index is 0.00662. The largest absolute Gasteiger partial charge is 0.326 e. The second kappa shape index (κ2) is 7.40. The topological polar surface area (TPSA) is 45.2 Å². The fourth-order valence-corrected chi connectivity index (χ4v) is 3.64. The number of anilines is 1. The Morgan fingerprint density at radius 3 is 2.79 bits per heavy atom. The molecule has 1 amide bonds. The summed E-state index contributed by atoms with van der Waals surface area (Å²) < 4.78 is 13.6. The lowest BCUT2D eigenvalue weighted by Gasteiger charge is -2.30. The zero-order valence-electron chi connectivity index (χ0n) is 14.0. The molecule has 1 aliphatic heterocycles. The zero-order valence-corrected chi connectivity index (χ0v) is 14.8. The van der Waals surface area contributed by atoms with E-state index in [1.807, 2.05) is 6.92 Å². The summed E-state index contributed by atoms with van der Waals surface area (Å²) in [5.41, 5.74) is 2.17. The molecule has 1 N–H and O–H groups in total. The van der Waals surface area contributed by atoms with E-state index in [1.54, 1.807) is 30.4 Å². The summed E-state index contributed by atoms with van der Waals surface area (Å²) in [5.74, 6) is -0.310. The number of hydrogen-bond acceptors (Lipinski definition) is 4. The van der Waals surface area contributed by atoms with Crippen LogP contribution in [-0.4, -0.2) is 28.9 Å². The minimum atomic E-state index is -0.291. The summed E-state index contributed by atoms with van der Waals surface area (Å²) in [4.78, 5) is 19.3. The normalized spacial score (nSPS) is 16.3. The lowest BCUT2D eigenvalue weighted by atomic mass is 9.95. The smallest absolute Gasteiger partial charge is 0.227 e. The Bertz CT molecular complexity index is 723. The van der Waals surface area contributed by atoms with Gasteiger partial charge in [-0.05, 0) is 51.9 Å². The molecule has 1 saturated heterocycles. The maximum atomic E-state index is 13.6. The number of benzene rings is 1. The number of aromatic nitrogens is 1. The molecule has 2 heterocycles. The van der Waals surface area contributed by atoms with Crippen molar-refractivity contribution in [2.24, 2.45) is 5.92 Å². The van der Waals surface area contributed by atoms with Crippen LogP contribution in [0.1, 0.15) is 29.1 Å². The molecule has 0 bridgehead atoms. The van der Waals surface area contributed by atoms with Crippen LogP contribution in [0.3, 0.4) is 0 Å². The average molecular weight is 347 g/mol. The third-order valence-corrected chi connectivity index (χ3v) is 5.36. The van der Waals surface area contributed by atoms with Crippen molar-refractivity contribution >= 4 is 22.9 Å². The van der Waals surface area contributed by atoms with Crippen LogP contribution in [0, 0.1) is 25.6 Å². The molecule has 1 aromatic carbocycles. The molecule has 0 saturated carbocycles. The fraction of sp³-hybridized carbons (Fsp3) is 0.444. The number of rotatable bonds is 4. The Morgan fingerprint density at radius 2 is 2.12 bits per heavy atom. The fourth-order valence-electron chi connectivity index (χ4n) is 3.04. The predicted molar refractivity (Wildman–Crippen MR) is 94.6 cm³/mol.